The van der Waals surface area contributed by atoms with Crippen molar-refractivity contribution in [1.29, 1.82) is 0 Å². The third-order valence-electron chi connectivity index (χ3n) is 5.14. The Labute approximate surface area is 158 Å². The summed E-state index contributed by atoms with van der Waals surface area (Å²) in [4.78, 5) is 27.0. The molecule has 1 heterocycles. The van der Waals surface area contributed by atoms with Crippen LogP contribution >= 0.6 is 11.6 Å². The summed E-state index contributed by atoms with van der Waals surface area (Å²) in [5.41, 5.74) is 1.22. The van der Waals surface area contributed by atoms with Gasteiger partial charge >= 0.3 is 5.97 Å². The molecule has 0 N–H and O–H groups in total. The van der Waals surface area contributed by atoms with E-state index >= 15 is 0 Å². The molecule has 0 radical (unpaired) electrons. The second-order valence-electron chi connectivity index (χ2n) is 6.62. The number of esters is 1. The van der Waals surface area contributed by atoms with E-state index < -0.39 is 5.41 Å². The zero-order chi connectivity index (χ0) is 18.6. The summed E-state index contributed by atoms with van der Waals surface area (Å²) >= 11 is 5.89. The minimum absolute atomic E-state index is 0.0684. The fraction of sp³-hybridized carbons (Fsp3) is 0.333. The Morgan fingerprint density at radius 3 is 2.23 bits per heavy atom. The third kappa shape index (κ3) is 3.75. The van der Waals surface area contributed by atoms with E-state index in [2.05, 4.69) is 0 Å². The van der Waals surface area contributed by atoms with Gasteiger partial charge in [-0.2, -0.15) is 0 Å². The van der Waals surface area contributed by atoms with Crippen LogP contribution in [0.25, 0.3) is 0 Å². The summed E-state index contributed by atoms with van der Waals surface area (Å²) in [6.45, 7) is 1.08. The summed E-state index contributed by atoms with van der Waals surface area (Å²) < 4.78 is 5.10. The van der Waals surface area contributed by atoms with Gasteiger partial charge < -0.3 is 9.64 Å². The van der Waals surface area contributed by atoms with Gasteiger partial charge in [-0.25, -0.2) is 0 Å². The Kier molecular flexibility index (Phi) is 5.62. The first-order valence-corrected chi connectivity index (χ1v) is 9.09. The van der Waals surface area contributed by atoms with E-state index in [0.717, 1.165) is 11.1 Å². The lowest BCUT2D eigenvalue weighted by Gasteiger charge is -2.40. The summed E-state index contributed by atoms with van der Waals surface area (Å²) in [6.07, 6.45) is 1.47. The molecule has 5 heteroatoms. The lowest BCUT2D eigenvalue weighted by molar-refractivity contribution is -0.151. The number of benzene rings is 2. The topological polar surface area (TPSA) is 46.6 Å². The van der Waals surface area contributed by atoms with E-state index in [0.29, 0.717) is 37.4 Å². The van der Waals surface area contributed by atoms with Crippen LogP contribution in [-0.2, 0) is 26.2 Å². The highest BCUT2D eigenvalue weighted by Crippen LogP contribution is 2.37. The van der Waals surface area contributed by atoms with Gasteiger partial charge in [0, 0.05) is 18.1 Å². The van der Waals surface area contributed by atoms with Crippen molar-refractivity contribution >= 4 is 23.5 Å². The second-order valence-corrected chi connectivity index (χ2v) is 7.06. The van der Waals surface area contributed by atoms with Crippen molar-refractivity contribution < 1.29 is 14.3 Å². The predicted octanol–water partition coefficient (Wildman–Crippen LogP) is 3.62. The van der Waals surface area contributed by atoms with Crippen LogP contribution in [0.1, 0.15) is 24.0 Å². The smallest absolute Gasteiger partial charge is 0.316 e. The molecule has 0 aromatic heterocycles. The van der Waals surface area contributed by atoms with Gasteiger partial charge in [0.05, 0.1) is 18.9 Å². The van der Waals surface area contributed by atoms with Crippen molar-refractivity contribution in [2.24, 2.45) is 0 Å². The summed E-state index contributed by atoms with van der Waals surface area (Å²) in [7, 11) is 1.42. The van der Waals surface area contributed by atoms with Gasteiger partial charge in [-0.05, 0) is 36.1 Å². The lowest BCUT2D eigenvalue weighted by atomic mass is 9.72. The molecule has 1 saturated heterocycles. The highest BCUT2D eigenvalue weighted by Gasteiger charge is 2.44. The minimum Gasteiger partial charge on any atom is -0.468 e. The van der Waals surface area contributed by atoms with E-state index in [9.17, 15) is 9.59 Å². The maximum absolute atomic E-state index is 12.6. The molecule has 0 saturated carbocycles. The number of methoxy groups -OCH3 is 1. The predicted molar refractivity (Wildman–Crippen MR) is 101 cm³/mol. The molecule has 0 atom stereocenters. The second kappa shape index (κ2) is 7.92. The van der Waals surface area contributed by atoms with Crippen LogP contribution in [0.4, 0.5) is 0 Å². The molecule has 26 heavy (non-hydrogen) atoms. The fourth-order valence-corrected chi connectivity index (χ4v) is 3.72. The third-order valence-corrected chi connectivity index (χ3v) is 5.39. The molecule has 1 amide bonds. The van der Waals surface area contributed by atoms with Crippen molar-refractivity contribution in [2.75, 3.05) is 20.2 Å². The number of piperidine rings is 1. The van der Waals surface area contributed by atoms with E-state index in [-0.39, 0.29) is 11.9 Å². The molecule has 0 bridgehead atoms. The average molecular weight is 372 g/mol. The number of carbonyl (C=O) groups excluding carboxylic acids is 2. The SMILES string of the molecule is COC(=O)C1(c2ccccc2)CCN(C(=O)Cc2ccc(Cl)cc2)CC1. The van der Waals surface area contributed by atoms with Gasteiger partial charge in [-0.15, -0.1) is 0 Å². The van der Waals surface area contributed by atoms with Crippen LogP contribution < -0.4 is 0 Å². The Balaban J connectivity index is 1.70. The quantitative estimate of drug-likeness (QED) is 0.771. The molecule has 1 aliphatic heterocycles. The molecule has 1 fully saturated rings. The van der Waals surface area contributed by atoms with Crippen molar-refractivity contribution in [3.8, 4) is 0 Å². The molecule has 4 nitrogen and oxygen atoms in total. The first kappa shape index (κ1) is 18.5. The van der Waals surface area contributed by atoms with Crippen LogP contribution in [0.3, 0.4) is 0 Å². The number of rotatable bonds is 4. The minimum atomic E-state index is -0.674. The first-order valence-electron chi connectivity index (χ1n) is 8.71. The standard InChI is InChI=1S/C21H22ClNO3/c1-26-20(25)21(17-5-3-2-4-6-17)11-13-23(14-12-21)19(24)15-16-7-9-18(22)10-8-16/h2-10H,11-15H2,1H3. The molecular weight excluding hydrogens is 350 g/mol. The van der Waals surface area contributed by atoms with Crippen LogP contribution in [0.2, 0.25) is 5.02 Å². The number of hydrogen-bond donors (Lipinski definition) is 0. The number of ether oxygens (including phenoxy) is 1. The Morgan fingerprint density at radius 1 is 1.04 bits per heavy atom. The van der Waals surface area contributed by atoms with Crippen molar-refractivity contribution in [3.05, 3.63) is 70.7 Å². The van der Waals surface area contributed by atoms with Crippen LogP contribution in [-0.4, -0.2) is 37.0 Å². The maximum atomic E-state index is 12.6. The number of amides is 1. The van der Waals surface area contributed by atoms with Gasteiger partial charge in [0.2, 0.25) is 5.91 Å². The number of likely N-dealkylation sites (tertiary alicyclic amines) is 1. The van der Waals surface area contributed by atoms with Gasteiger partial charge in [0.25, 0.3) is 0 Å². The molecular formula is C21H22ClNO3. The number of carbonyl (C=O) groups is 2. The highest BCUT2D eigenvalue weighted by atomic mass is 35.5. The highest BCUT2D eigenvalue weighted by molar-refractivity contribution is 6.30. The van der Waals surface area contributed by atoms with Crippen LogP contribution in [0.15, 0.2) is 54.6 Å². The Hall–Kier alpha value is -2.33. The molecule has 1 aliphatic rings. The molecule has 0 spiro atoms. The largest absolute Gasteiger partial charge is 0.468 e. The van der Waals surface area contributed by atoms with E-state index in [1.54, 1.807) is 12.1 Å². The van der Waals surface area contributed by atoms with Crippen molar-refractivity contribution in [1.82, 2.24) is 4.90 Å². The summed E-state index contributed by atoms with van der Waals surface area (Å²) in [5.74, 6) is -0.160. The van der Waals surface area contributed by atoms with Crippen molar-refractivity contribution in [2.45, 2.75) is 24.7 Å². The molecule has 136 valence electrons. The average Bonchev–Trinajstić information content (AvgIpc) is 2.69. The van der Waals surface area contributed by atoms with Gasteiger partial charge in [0.15, 0.2) is 0 Å². The number of nitrogens with zero attached hydrogens (tertiary/aromatic N) is 1. The molecule has 3 rings (SSSR count). The van der Waals surface area contributed by atoms with Crippen LogP contribution in [0.5, 0.6) is 0 Å². The Bertz CT molecular complexity index is 766. The van der Waals surface area contributed by atoms with Gasteiger partial charge in [-0.3, -0.25) is 9.59 Å². The summed E-state index contributed by atoms with van der Waals surface area (Å²) in [6, 6.07) is 17.0. The monoisotopic (exact) mass is 371 g/mol. The van der Waals surface area contributed by atoms with Crippen LogP contribution in [0, 0.1) is 0 Å². The normalized spacial score (nSPS) is 16.2. The van der Waals surface area contributed by atoms with Crippen molar-refractivity contribution in [3.63, 3.8) is 0 Å². The lowest BCUT2D eigenvalue weighted by Crippen LogP contribution is -2.49. The zero-order valence-electron chi connectivity index (χ0n) is 14.8. The molecule has 0 unspecified atom stereocenters. The first-order chi connectivity index (χ1) is 12.5. The molecule has 2 aromatic rings. The van der Waals surface area contributed by atoms with Gasteiger partial charge in [0.1, 0.15) is 0 Å². The summed E-state index contributed by atoms with van der Waals surface area (Å²) in [5, 5.41) is 0.657. The van der Waals surface area contributed by atoms with E-state index in [4.69, 9.17) is 16.3 Å². The number of halogens is 1. The van der Waals surface area contributed by atoms with E-state index in [1.807, 2.05) is 47.4 Å². The van der Waals surface area contributed by atoms with Gasteiger partial charge in [-0.1, -0.05) is 54.1 Å². The molecule has 0 aliphatic carbocycles. The molecule has 2 aromatic carbocycles. The maximum Gasteiger partial charge on any atom is 0.316 e. The number of hydrogen-bond acceptors (Lipinski definition) is 3. The zero-order valence-corrected chi connectivity index (χ0v) is 15.5. The fourth-order valence-electron chi connectivity index (χ4n) is 3.59. The van der Waals surface area contributed by atoms with E-state index in [1.165, 1.54) is 7.11 Å². The Morgan fingerprint density at radius 2 is 1.65 bits per heavy atom.